The first-order valence-electron chi connectivity index (χ1n) is 11.2. The van der Waals surface area contributed by atoms with Gasteiger partial charge in [0.1, 0.15) is 0 Å². The topological polar surface area (TPSA) is 32.3 Å². The Morgan fingerprint density at radius 3 is 2.77 bits per heavy atom. The van der Waals surface area contributed by atoms with E-state index in [0.29, 0.717) is 42.3 Å². The van der Waals surface area contributed by atoms with E-state index in [1.807, 2.05) is 0 Å². The summed E-state index contributed by atoms with van der Waals surface area (Å²) in [6.07, 6.45) is 6.82. The van der Waals surface area contributed by atoms with Crippen molar-refractivity contribution in [2.24, 2.45) is 23.2 Å². The first kappa shape index (κ1) is 20.1. The van der Waals surface area contributed by atoms with Crippen LogP contribution in [-0.2, 0) is 17.5 Å². The third-order valence-electron chi connectivity index (χ3n) is 7.97. The van der Waals surface area contributed by atoms with E-state index in [1.54, 1.807) is 6.07 Å². The molecule has 6 heteroatoms. The number of nitrogens with zero attached hydrogens (tertiary/aromatic N) is 1. The molecular weight excluding hydrogens is 389 g/mol. The maximum absolute atomic E-state index is 12.9. The van der Waals surface area contributed by atoms with E-state index < -0.39 is 11.7 Å². The standard InChI is InChI=1S/C24H29F3N2O/c25-24(26,27)19-3-1-2-16(12-19)14-28-11-8-20-5-7-22(30)29(20)15-17-13-18-4-6-21(17)23(18)9-10-23/h1-4,6,12,17-18,20-21,28H,5,7-11,13-15H2/t17-,18-,20-,21-/m0/s1. The second-order valence-electron chi connectivity index (χ2n) is 9.65. The number of carbonyl (C=O) groups is 1. The predicted molar refractivity (Wildman–Crippen MR) is 108 cm³/mol. The second kappa shape index (κ2) is 7.40. The van der Waals surface area contributed by atoms with Crippen molar-refractivity contribution in [1.82, 2.24) is 10.2 Å². The Labute approximate surface area is 175 Å². The van der Waals surface area contributed by atoms with E-state index in [0.717, 1.165) is 31.4 Å². The fraction of sp³-hybridized carbons (Fsp3) is 0.625. The van der Waals surface area contributed by atoms with Gasteiger partial charge in [0.25, 0.3) is 0 Å². The van der Waals surface area contributed by atoms with Crippen molar-refractivity contribution in [3.63, 3.8) is 0 Å². The molecule has 2 saturated carbocycles. The molecule has 1 aliphatic heterocycles. The zero-order chi connectivity index (χ0) is 20.9. The maximum atomic E-state index is 12.9. The SMILES string of the molecule is O=C1CC[C@@H](CCNCc2cccc(C(F)(F)F)c2)N1C[C@@H]1C[C@@H]2C=C[C@@H]1C21CC1. The summed E-state index contributed by atoms with van der Waals surface area (Å²) < 4.78 is 38.6. The second-order valence-corrected chi connectivity index (χ2v) is 9.65. The van der Waals surface area contributed by atoms with Crippen LogP contribution in [0, 0.1) is 23.2 Å². The summed E-state index contributed by atoms with van der Waals surface area (Å²) in [5.41, 5.74) is 0.575. The molecule has 3 nitrogen and oxygen atoms in total. The smallest absolute Gasteiger partial charge is 0.339 e. The molecule has 1 N–H and O–H groups in total. The van der Waals surface area contributed by atoms with Gasteiger partial charge in [-0.2, -0.15) is 13.2 Å². The molecule has 0 radical (unpaired) electrons. The van der Waals surface area contributed by atoms with Crippen LogP contribution in [0.4, 0.5) is 13.2 Å². The molecule has 1 heterocycles. The van der Waals surface area contributed by atoms with Crippen LogP contribution in [0.5, 0.6) is 0 Å². The van der Waals surface area contributed by atoms with Gasteiger partial charge < -0.3 is 10.2 Å². The molecule has 0 aromatic heterocycles. The molecule has 30 heavy (non-hydrogen) atoms. The highest BCUT2D eigenvalue weighted by molar-refractivity contribution is 5.78. The number of benzene rings is 1. The van der Waals surface area contributed by atoms with E-state index >= 15 is 0 Å². The Hall–Kier alpha value is -1.82. The number of alkyl halides is 3. The number of hydrogen-bond donors (Lipinski definition) is 1. The third-order valence-corrected chi connectivity index (χ3v) is 7.97. The normalized spacial score (nSPS) is 31.3. The van der Waals surface area contributed by atoms with Gasteiger partial charge in [-0.3, -0.25) is 4.79 Å². The molecule has 3 fully saturated rings. The first-order valence-corrected chi connectivity index (χ1v) is 11.2. The average molecular weight is 419 g/mol. The van der Waals surface area contributed by atoms with E-state index in [4.69, 9.17) is 0 Å². The summed E-state index contributed by atoms with van der Waals surface area (Å²) in [7, 11) is 0. The minimum Gasteiger partial charge on any atom is -0.339 e. The lowest BCUT2D eigenvalue weighted by atomic mass is 9.88. The van der Waals surface area contributed by atoms with Gasteiger partial charge in [-0.25, -0.2) is 0 Å². The Bertz CT molecular complexity index is 845. The number of rotatable bonds is 7. The van der Waals surface area contributed by atoms with Crippen molar-refractivity contribution < 1.29 is 18.0 Å². The van der Waals surface area contributed by atoms with Crippen molar-refractivity contribution in [2.75, 3.05) is 13.1 Å². The number of allylic oxidation sites excluding steroid dienone is 2. The predicted octanol–water partition coefficient (Wildman–Crippen LogP) is 4.78. The number of nitrogens with one attached hydrogen (secondary N) is 1. The summed E-state index contributed by atoms with van der Waals surface area (Å²) in [6.45, 7) is 1.99. The summed E-state index contributed by atoms with van der Waals surface area (Å²) in [6, 6.07) is 5.72. The van der Waals surface area contributed by atoms with Crippen LogP contribution in [-0.4, -0.2) is 29.9 Å². The fourth-order valence-electron chi connectivity index (χ4n) is 6.29. The molecule has 4 aliphatic rings. The highest BCUT2D eigenvalue weighted by Gasteiger charge is 2.62. The van der Waals surface area contributed by atoms with Crippen molar-refractivity contribution in [3.8, 4) is 0 Å². The first-order chi connectivity index (χ1) is 14.4. The van der Waals surface area contributed by atoms with Gasteiger partial charge >= 0.3 is 6.18 Å². The summed E-state index contributed by atoms with van der Waals surface area (Å²) in [4.78, 5) is 14.6. The van der Waals surface area contributed by atoms with Crippen LogP contribution in [0.3, 0.4) is 0 Å². The lowest BCUT2D eigenvalue weighted by Crippen LogP contribution is -2.39. The van der Waals surface area contributed by atoms with Gasteiger partial charge in [0.05, 0.1) is 5.56 Å². The minimum absolute atomic E-state index is 0.254. The summed E-state index contributed by atoms with van der Waals surface area (Å²) in [5, 5.41) is 3.27. The van der Waals surface area contributed by atoms with Crippen molar-refractivity contribution in [1.29, 1.82) is 0 Å². The lowest BCUT2D eigenvalue weighted by Gasteiger charge is -2.30. The zero-order valence-electron chi connectivity index (χ0n) is 17.1. The van der Waals surface area contributed by atoms with Crippen LogP contribution in [0.1, 0.15) is 49.7 Å². The fourth-order valence-corrected chi connectivity index (χ4v) is 6.29. The van der Waals surface area contributed by atoms with E-state index in [-0.39, 0.29) is 11.9 Å². The summed E-state index contributed by atoms with van der Waals surface area (Å²) >= 11 is 0. The highest BCUT2D eigenvalue weighted by atomic mass is 19.4. The number of amides is 1. The van der Waals surface area contributed by atoms with Gasteiger partial charge in [0, 0.05) is 25.6 Å². The van der Waals surface area contributed by atoms with Gasteiger partial charge in [0.2, 0.25) is 5.91 Å². The maximum Gasteiger partial charge on any atom is 0.416 e. The molecule has 0 unspecified atom stereocenters. The van der Waals surface area contributed by atoms with Crippen molar-refractivity contribution in [2.45, 2.75) is 57.3 Å². The van der Waals surface area contributed by atoms with Crippen molar-refractivity contribution >= 4 is 5.91 Å². The largest absolute Gasteiger partial charge is 0.416 e. The molecule has 5 rings (SSSR count). The molecule has 1 saturated heterocycles. The number of halogens is 3. The molecule has 1 aromatic rings. The van der Waals surface area contributed by atoms with Gasteiger partial charge in [-0.1, -0.05) is 30.4 Å². The quantitative estimate of drug-likeness (QED) is 0.511. The van der Waals surface area contributed by atoms with Gasteiger partial charge in [-0.05, 0) is 73.4 Å². The molecule has 3 aliphatic carbocycles. The highest BCUT2D eigenvalue weighted by Crippen LogP contribution is 2.70. The molecular formula is C24H29F3N2O. The number of hydrogen-bond acceptors (Lipinski definition) is 2. The third kappa shape index (κ3) is 3.57. The van der Waals surface area contributed by atoms with E-state index in [9.17, 15) is 18.0 Å². The molecule has 1 amide bonds. The monoisotopic (exact) mass is 418 g/mol. The Balaban J connectivity index is 1.12. The minimum atomic E-state index is -4.31. The van der Waals surface area contributed by atoms with E-state index in [1.165, 1.54) is 31.4 Å². The van der Waals surface area contributed by atoms with Crippen LogP contribution in [0.2, 0.25) is 0 Å². The molecule has 162 valence electrons. The molecule has 4 atom stereocenters. The van der Waals surface area contributed by atoms with Crippen LogP contribution < -0.4 is 5.32 Å². The van der Waals surface area contributed by atoms with E-state index in [2.05, 4.69) is 22.4 Å². The Morgan fingerprint density at radius 1 is 1.20 bits per heavy atom. The lowest BCUT2D eigenvalue weighted by molar-refractivity contribution is -0.137. The van der Waals surface area contributed by atoms with Crippen LogP contribution in [0.15, 0.2) is 36.4 Å². The number of likely N-dealkylation sites (tertiary alicyclic amines) is 1. The Morgan fingerprint density at radius 2 is 2.03 bits per heavy atom. The van der Waals surface area contributed by atoms with Crippen LogP contribution >= 0.6 is 0 Å². The van der Waals surface area contributed by atoms with Gasteiger partial charge in [-0.15, -0.1) is 0 Å². The summed E-state index contributed by atoms with van der Waals surface area (Å²) in [5.74, 6) is 2.27. The number of carbonyl (C=O) groups excluding carboxylic acids is 1. The molecule has 1 spiro atoms. The average Bonchev–Trinajstić information content (AvgIpc) is 3.26. The van der Waals surface area contributed by atoms with Gasteiger partial charge in [0.15, 0.2) is 0 Å². The molecule has 2 bridgehead atoms. The van der Waals surface area contributed by atoms with Crippen LogP contribution in [0.25, 0.3) is 0 Å². The zero-order valence-corrected chi connectivity index (χ0v) is 17.1. The molecule has 1 aromatic carbocycles. The Kier molecular flexibility index (Phi) is 4.96. The van der Waals surface area contributed by atoms with Crippen molar-refractivity contribution in [3.05, 3.63) is 47.5 Å².